The van der Waals surface area contributed by atoms with E-state index in [1.807, 2.05) is 12.1 Å². The Bertz CT molecular complexity index is 280. The van der Waals surface area contributed by atoms with Crippen LogP contribution in [0, 0.1) is 0 Å². The SMILES string of the molecule is Clc1ccc(C[NH+]2CCSCC2)cc1. The highest BCUT2D eigenvalue weighted by Gasteiger charge is 2.13. The molecule has 1 fully saturated rings. The van der Waals surface area contributed by atoms with Crippen LogP contribution in [0.2, 0.25) is 5.02 Å². The highest BCUT2D eigenvalue weighted by Crippen LogP contribution is 2.08. The highest BCUT2D eigenvalue weighted by molar-refractivity contribution is 7.99. The predicted molar refractivity (Wildman–Crippen MR) is 63.2 cm³/mol. The molecule has 0 unspecified atom stereocenters. The van der Waals surface area contributed by atoms with Crippen molar-refractivity contribution in [1.82, 2.24) is 0 Å². The van der Waals surface area contributed by atoms with Gasteiger partial charge in [0.2, 0.25) is 0 Å². The van der Waals surface area contributed by atoms with Crippen molar-refractivity contribution >= 4 is 23.4 Å². The summed E-state index contributed by atoms with van der Waals surface area (Å²) in [5.41, 5.74) is 1.40. The highest BCUT2D eigenvalue weighted by atomic mass is 35.5. The summed E-state index contributed by atoms with van der Waals surface area (Å²) in [6, 6.07) is 8.23. The Labute approximate surface area is 94.4 Å². The number of nitrogens with one attached hydrogen (secondary N) is 1. The van der Waals surface area contributed by atoms with Gasteiger partial charge in [-0.15, -0.1) is 0 Å². The molecule has 0 aliphatic carbocycles. The second-order valence-electron chi connectivity index (χ2n) is 3.67. The van der Waals surface area contributed by atoms with Gasteiger partial charge in [-0.1, -0.05) is 23.7 Å². The van der Waals surface area contributed by atoms with Crippen LogP contribution in [-0.4, -0.2) is 24.6 Å². The minimum Gasteiger partial charge on any atom is -0.330 e. The summed E-state index contributed by atoms with van der Waals surface area (Å²) in [5.74, 6) is 2.62. The maximum Gasteiger partial charge on any atom is 0.103 e. The summed E-state index contributed by atoms with van der Waals surface area (Å²) >= 11 is 7.91. The van der Waals surface area contributed by atoms with Crippen molar-refractivity contribution in [3.63, 3.8) is 0 Å². The van der Waals surface area contributed by atoms with Crippen molar-refractivity contribution < 1.29 is 4.90 Å². The summed E-state index contributed by atoms with van der Waals surface area (Å²) < 4.78 is 0. The third-order valence-electron chi connectivity index (χ3n) is 2.57. The van der Waals surface area contributed by atoms with Gasteiger partial charge in [0.1, 0.15) is 6.54 Å². The Hall–Kier alpha value is -0.180. The van der Waals surface area contributed by atoms with Gasteiger partial charge in [-0.3, -0.25) is 0 Å². The van der Waals surface area contributed by atoms with Gasteiger partial charge in [0.15, 0.2) is 0 Å². The van der Waals surface area contributed by atoms with Crippen LogP contribution < -0.4 is 4.90 Å². The molecule has 0 saturated carbocycles. The number of hydrogen-bond acceptors (Lipinski definition) is 1. The maximum atomic E-state index is 5.84. The van der Waals surface area contributed by atoms with Crippen molar-refractivity contribution in [1.29, 1.82) is 0 Å². The van der Waals surface area contributed by atoms with Crippen molar-refractivity contribution in [2.24, 2.45) is 0 Å². The van der Waals surface area contributed by atoms with Gasteiger partial charge in [0.25, 0.3) is 0 Å². The summed E-state index contributed by atoms with van der Waals surface area (Å²) in [5, 5.41) is 0.831. The van der Waals surface area contributed by atoms with E-state index in [9.17, 15) is 0 Å². The molecule has 1 N–H and O–H groups in total. The molecule has 1 aliphatic heterocycles. The van der Waals surface area contributed by atoms with Crippen molar-refractivity contribution in [3.05, 3.63) is 34.9 Å². The van der Waals surface area contributed by atoms with Crippen LogP contribution in [0.3, 0.4) is 0 Å². The zero-order chi connectivity index (χ0) is 9.80. The minimum absolute atomic E-state index is 0.831. The van der Waals surface area contributed by atoms with Gasteiger partial charge in [0, 0.05) is 22.1 Å². The summed E-state index contributed by atoms with van der Waals surface area (Å²) in [7, 11) is 0. The van der Waals surface area contributed by atoms with Crippen LogP contribution in [0.1, 0.15) is 5.56 Å². The van der Waals surface area contributed by atoms with E-state index in [4.69, 9.17) is 11.6 Å². The molecular weight excluding hydrogens is 214 g/mol. The molecule has 0 aromatic heterocycles. The van der Waals surface area contributed by atoms with Gasteiger partial charge < -0.3 is 4.90 Å². The van der Waals surface area contributed by atoms with Crippen LogP contribution in [0.15, 0.2) is 24.3 Å². The summed E-state index contributed by atoms with van der Waals surface area (Å²) in [4.78, 5) is 1.70. The summed E-state index contributed by atoms with van der Waals surface area (Å²) in [6.45, 7) is 3.75. The van der Waals surface area contributed by atoms with Crippen LogP contribution in [-0.2, 0) is 6.54 Å². The fourth-order valence-corrected chi connectivity index (χ4v) is 2.92. The van der Waals surface area contributed by atoms with Crippen LogP contribution in [0.5, 0.6) is 0 Å². The quantitative estimate of drug-likeness (QED) is 0.804. The molecule has 1 nitrogen and oxygen atoms in total. The minimum atomic E-state index is 0.831. The average Bonchev–Trinajstić information content (AvgIpc) is 2.23. The lowest BCUT2D eigenvalue weighted by atomic mass is 10.2. The maximum absolute atomic E-state index is 5.84. The number of halogens is 1. The Morgan fingerprint density at radius 2 is 1.79 bits per heavy atom. The molecule has 3 heteroatoms. The number of hydrogen-bond donors (Lipinski definition) is 1. The molecule has 1 heterocycles. The molecule has 1 aliphatic rings. The second kappa shape index (κ2) is 5.06. The lowest BCUT2D eigenvalue weighted by molar-refractivity contribution is -0.910. The largest absolute Gasteiger partial charge is 0.330 e. The van der Waals surface area contributed by atoms with Gasteiger partial charge in [-0.2, -0.15) is 11.8 Å². The van der Waals surface area contributed by atoms with Crippen LogP contribution in [0.25, 0.3) is 0 Å². The smallest absolute Gasteiger partial charge is 0.103 e. The molecule has 14 heavy (non-hydrogen) atoms. The molecule has 0 atom stereocenters. The lowest BCUT2D eigenvalue weighted by Gasteiger charge is -2.23. The zero-order valence-corrected chi connectivity index (χ0v) is 9.70. The predicted octanol–water partition coefficient (Wildman–Crippen LogP) is 1.47. The topological polar surface area (TPSA) is 4.44 Å². The first kappa shape index (κ1) is 10.3. The molecule has 1 saturated heterocycles. The van der Waals surface area contributed by atoms with Gasteiger partial charge >= 0.3 is 0 Å². The van der Waals surface area contributed by atoms with Gasteiger partial charge in [-0.25, -0.2) is 0 Å². The van der Waals surface area contributed by atoms with E-state index in [-0.39, 0.29) is 0 Å². The third kappa shape index (κ3) is 2.91. The number of benzene rings is 1. The van der Waals surface area contributed by atoms with Gasteiger partial charge in [0.05, 0.1) is 13.1 Å². The molecule has 0 radical (unpaired) electrons. The Kier molecular flexibility index (Phi) is 3.74. The van der Waals surface area contributed by atoms with Crippen LogP contribution in [0.4, 0.5) is 0 Å². The Morgan fingerprint density at radius 1 is 1.14 bits per heavy atom. The molecule has 76 valence electrons. The van der Waals surface area contributed by atoms with Crippen molar-refractivity contribution in [2.75, 3.05) is 24.6 Å². The third-order valence-corrected chi connectivity index (χ3v) is 3.80. The molecule has 0 bridgehead atoms. The first-order valence-electron chi connectivity index (χ1n) is 5.00. The summed E-state index contributed by atoms with van der Waals surface area (Å²) in [6.07, 6.45) is 0. The number of rotatable bonds is 2. The molecule has 0 spiro atoms. The van der Waals surface area contributed by atoms with E-state index in [2.05, 4.69) is 23.9 Å². The zero-order valence-electron chi connectivity index (χ0n) is 8.13. The lowest BCUT2D eigenvalue weighted by Crippen LogP contribution is -3.12. The monoisotopic (exact) mass is 228 g/mol. The number of quaternary nitrogens is 1. The molecule has 0 amide bonds. The molecular formula is C11H15ClNS+. The molecule has 2 rings (SSSR count). The number of thioether (sulfide) groups is 1. The van der Waals surface area contributed by atoms with E-state index in [1.165, 1.54) is 30.2 Å². The fraction of sp³-hybridized carbons (Fsp3) is 0.455. The van der Waals surface area contributed by atoms with Crippen molar-refractivity contribution in [2.45, 2.75) is 6.54 Å². The van der Waals surface area contributed by atoms with E-state index in [0.717, 1.165) is 11.6 Å². The fourth-order valence-electron chi connectivity index (χ4n) is 1.73. The standard InChI is InChI=1S/C11H14ClNS/c12-11-3-1-10(2-4-11)9-13-5-7-14-8-6-13/h1-4H,5-9H2/p+1. The first-order valence-corrected chi connectivity index (χ1v) is 6.53. The van der Waals surface area contributed by atoms with Crippen LogP contribution >= 0.6 is 23.4 Å². The molecule has 1 aromatic carbocycles. The Balaban J connectivity index is 1.92. The second-order valence-corrected chi connectivity index (χ2v) is 5.33. The van der Waals surface area contributed by atoms with E-state index in [1.54, 1.807) is 4.90 Å². The first-order chi connectivity index (χ1) is 6.84. The average molecular weight is 229 g/mol. The van der Waals surface area contributed by atoms with E-state index in [0.29, 0.717) is 0 Å². The van der Waals surface area contributed by atoms with E-state index < -0.39 is 0 Å². The van der Waals surface area contributed by atoms with E-state index >= 15 is 0 Å². The van der Waals surface area contributed by atoms with Gasteiger partial charge in [-0.05, 0) is 12.1 Å². The molecule has 1 aromatic rings. The van der Waals surface area contributed by atoms with Crippen molar-refractivity contribution in [3.8, 4) is 0 Å². The normalized spacial score (nSPS) is 18.4. The Morgan fingerprint density at radius 3 is 2.43 bits per heavy atom.